The van der Waals surface area contributed by atoms with E-state index in [2.05, 4.69) is 10.0 Å². The fourth-order valence-electron chi connectivity index (χ4n) is 3.03. The van der Waals surface area contributed by atoms with Crippen LogP contribution in [0.5, 0.6) is 0 Å². The number of anilines is 1. The van der Waals surface area contributed by atoms with Gasteiger partial charge in [-0.05, 0) is 42.3 Å². The Morgan fingerprint density at radius 2 is 1.83 bits per heavy atom. The van der Waals surface area contributed by atoms with Crippen LogP contribution in [0.2, 0.25) is 5.02 Å². The Bertz CT molecular complexity index is 1060. The Balaban J connectivity index is 1.83. The standard InChI is InChI=1S/C18H16ClF4N3O3S/c1-26-16(17(27)24-12-6-7-14(20)13(19)8-12)9-15(25-30(26,28)29)10-2-4-11(5-3-10)18(21,22)23/h2-8,15-16,25H,9H2,1H3,(H,24,27)/t15-,16+/m1/s1. The predicted octanol–water partition coefficient (Wildman–Crippen LogP) is 3.72. The molecule has 1 heterocycles. The molecule has 1 aliphatic rings. The minimum atomic E-state index is -4.52. The van der Waals surface area contributed by atoms with E-state index < -0.39 is 45.8 Å². The van der Waals surface area contributed by atoms with Crippen molar-refractivity contribution in [2.24, 2.45) is 0 Å². The third-order valence-electron chi connectivity index (χ3n) is 4.70. The van der Waals surface area contributed by atoms with Crippen molar-refractivity contribution in [2.75, 3.05) is 12.4 Å². The van der Waals surface area contributed by atoms with Gasteiger partial charge in [0.05, 0.1) is 10.6 Å². The zero-order valence-electron chi connectivity index (χ0n) is 15.4. The number of rotatable bonds is 3. The summed E-state index contributed by atoms with van der Waals surface area (Å²) in [5.74, 6) is -1.37. The van der Waals surface area contributed by atoms with Gasteiger partial charge in [0.1, 0.15) is 11.9 Å². The predicted molar refractivity (Wildman–Crippen MR) is 102 cm³/mol. The van der Waals surface area contributed by atoms with Crippen LogP contribution in [0.15, 0.2) is 42.5 Å². The number of amides is 1. The first kappa shape index (κ1) is 22.5. The van der Waals surface area contributed by atoms with Crippen LogP contribution >= 0.6 is 11.6 Å². The smallest absolute Gasteiger partial charge is 0.325 e. The highest BCUT2D eigenvalue weighted by Gasteiger charge is 2.41. The second-order valence-corrected chi connectivity index (χ2v) is 8.85. The molecule has 6 nitrogen and oxygen atoms in total. The summed E-state index contributed by atoms with van der Waals surface area (Å²) in [6.45, 7) is 0. The summed E-state index contributed by atoms with van der Waals surface area (Å²) in [6.07, 6.45) is -4.56. The number of carbonyl (C=O) groups excluding carboxylic acids is 1. The molecule has 0 saturated carbocycles. The molecule has 1 aliphatic heterocycles. The lowest BCUT2D eigenvalue weighted by Gasteiger charge is -2.36. The topological polar surface area (TPSA) is 78.5 Å². The Morgan fingerprint density at radius 3 is 2.40 bits per heavy atom. The van der Waals surface area contributed by atoms with Gasteiger partial charge in [-0.2, -0.15) is 30.6 Å². The number of nitrogens with one attached hydrogen (secondary N) is 2. The van der Waals surface area contributed by atoms with Gasteiger partial charge in [0, 0.05) is 18.8 Å². The number of benzene rings is 2. The summed E-state index contributed by atoms with van der Waals surface area (Å²) in [5.41, 5.74) is -0.423. The van der Waals surface area contributed by atoms with E-state index in [4.69, 9.17) is 11.6 Å². The molecule has 2 aromatic carbocycles. The Morgan fingerprint density at radius 1 is 1.20 bits per heavy atom. The van der Waals surface area contributed by atoms with E-state index in [0.29, 0.717) is 0 Å². The van der Waals surface area contributed by atoms with Gasteiger partial charge in [-0.15, -0.1) is 0 Å². The SMILES string of the molecule is CN1[C@H](C(=O)Nc2ccc(F)c(Cl)c2)C[C@H](c2ccc(C(F)(F)F)cc2)NS1(=O)=O. The summed E-state index contributed by atoms with van der Waals surface area (Å²) < 4.78 is 79.6. The van der Waals surface area contributed by atoms with Gasteiger partial charge in [-0.3, -0.25) is 4.79 Å². The van der Waals surface area contributed by atoms with E-state index in [-0.39, 0.29) is 22.7 Å². The van der Waals surface area contributed by atoms with Crippen LogP contribution < -0.4 is 10.0 Å². The van der Waals surface area contributed by atoms with E-state index in [1.54, 1.807) is 0 Å². The number of alkyl halides is 3. The van der Waals surface area contributed by atoms with Crippen molar-refractivity contribution in [3.8, 4) is 0 Å². The molecule has 2 atom stereocenters. The van der Waals surface area contributed by atoms with Gasteiger partial charge in [0.25, 0.3) is 10.2 Å². The van der Waals surface area contributed by atoms with Crippen molar-refractivity contribution in [2.45, 2.75) is 24.7 Å². The molecular weight excluding hydrogens is 450 g/mol. The molecule has 2 N–H and O–H groups in total. The van der Waals surface area contributed by atoms with E-state index in [1.807, 2.05) is 0 Å². The minimum absolute atomic E-state index is 0.0398. The number of hydrogen-bond donors (Lipinski definition) is 2. The summed E-state index contributed by atoms with van der Waals surface area (Å²) in [7, 11) is -2.88. The van der Waals surface area contributed by atoms with Crippen molar-refractivity contribution >= 4 is 33.4 Å². The fraction of sp³-hybridized carbons (Fsp3) is 0.278. The Kier molecular flexibility index (Phi) is 6.10. The highest BCUT2D eigenvalue weighted by Crippen LogP contribution is 2.33. The van der Waals surface area contributed by atoms with Gasteiger partial charge in [0.2, 0.25) is 5.91 Å². The van der Waals surface area contributed by atoms with Gasteiger partial charge in [-0.25, -0.2) is 4.39 Å². The second-order valence-electron chi connectivity index (χ2n) is 6.68. The Labute approximate surface area is 175 Å². The summed E-state index contributed by atoms with van der Waals surface area (Å²) in [4.78, 5) is 12.7. The molecule has 0 unspecified atom stereocenters. The molecule has 1 fully saturated rings. The number of nitrogens with zero attached hydrogens (tertiary/aromatic N) is 1. The Hall–Kier alpha value is -2.21. The molecular formula is C18H16ClF4N3O3S. The number of carbonyl (C=O) groups is 1. The minimum Gasteiger partial charge on any atom is -0.325 e. The fourth-order valence-corrected chi connectivity index (χ4v) is 4.49. The molecule has 0 aromatic heterocycles. The lowest BCUT2D eigenvalue weighted by Crippen LogP contribution is -2.55. The van der Waals surface area contributed by atoms with Crippen LogP contribution in [-0.2, 0) is 21.2 Å². The van der Waals surface area contributed by atoms with Crippen LogP contribution in [0.3, 0.4) is 0 Å². The third kappa shape index (κ3) is 4.75. The summed E-state index contributed by atoms with van der Waals surface area (Å²) in [5, 5.41) is 2.26. The van der Waals surface area contributed by atoms with Crippen molar-refractivity contribution in [1.29, 1.82) is 0 Å². The largest absolute Gasteiger partial charge is 0.416 e. The zero-order valence-corrected chi connectivity index (χ0v) is 16.9. The van der Waals surface area contributed by atoms with Crippen LogP contribution in [0.4, 0.5) is 23.2 Å². The molecule has 0 radical (unpaired) electrons. The molecule has 0 spiro atoms. The maximum absolute atomic E-state index is 13.3. The highest BCUT2D eigenvalue weighted by molar-refractivity contribution is 7.87. The van der Waals surface area contributed by atoms with Crippen molar-refractivity contribution in [3.63, 3.8) is 0 Å². The van der Waals surface area contributed by atoms with Crippen LogP contribution in [0.1, 0.15) is 23.6 Å². The molecule has 3 rings (SSSR count). The molecule has 0 bridgehead atoms. The van der Waals surface area contributed by atoms with Gasteiger partial charge < -0.3 is 5.32 Å². The van der Waals surface area contributed by atoms with Crippen LogP contribution in [0, 0.1) is 5.82 Å². The molecule has 1 amide bonds. The number of likely N-dealkylation sites (N-methyl/N-ethyl adjacent to an activating group) is 1. The van der Waals surface area contributed by atoms with Crippen molar-refractivity contribution in [1.82, 2.24) is 9.03 Å². The second kappa shape index (κ2) is 8.14. The van der Waals surface area contributed by atoms with E-state index >= 15 is 0 Å². The monoisotopic (exact) mass is 465 g/mol. The normalized spacial score (nSPS) is 21.9. The van der Waals surface area contributed by atoms with Crippen molar-refractivity contribution in [3.05, 3.63) is 64.4 Å². The number of hydrogen-bond acceptors (Lipinski definition) is 3. The van der Waals surface area contributed by atoms with Crippen molar-refractivity contribution < 1.29 is 30.8 Å². The van der Waals surface area contributed by atoms with E-state index in [1.165, 1.54) is 19.2 Å². The quantitative estimate of drug-likeness (QED) is 0.678. The maximum atomic E-state index is 13.3. The van der Waals surface area contributed by atoms with Gasteiger partial charge in [-0.1, -0.05) is 23.7 Å². The molecule has 1 saturated heterocycles. The molecule has 12 heteroatoms. The lowest BCUT2D eigenvalue weighted by atomic mass is 9.98. The summed E-state index contributed by atoms with van der Waals surface area (Å²) in [6, 6.07) is 5.43. The molecule has 30 heavy (non-hydrogen) atoms. The van der Waals surface area contributed by atoms with Crippen LogP contribution in [0.25, 0.3) is 0 Å². The first-order valence-electron chi connectivity index (χ1n) is 8.57. The van der Waals surface area contributed by atoms with Gasteiger partial charge >= 0.3 is 6.18 Å². The van der Waals surface area contributed by atoms with Crippen LogP contribution in [-0.4, -0.2) is 31.7 Å². The zero-order chi connectivity index (χ0) is 22.3. The molecule has 162 valence electrons. The van der Waals surface area contributed by atoms with E-state index in [0.717, 1.165) is 34.6 Å². The first-order chi connectivity index (χ1) is 13.9. The highest BCUT2D eigenvalue weighted by atomic mass is 35.5. The summed E-state index contributed by atoms with van der Waals surface area (Å²) >= 11 is 5.68. The first-order valence-corrected chi connectivity index (χ1v) is 10.4. The molecule has 2 aromatic rings. The average molecular weight is 466 g/mol. The third-order valence-corrected chi connectivity index (χ3v) is 6.58. The lowest BCUT2D eigenvalue weighted by molar-refractivity contribution is -0.137. The van der Waals surface area contributed by atoms with Gasteiger partial charge in [0.15, 0.2) is 0 Å². The number of halogens is 5. The average Bonchev–Trinajstić information content (AvgIpc) is 2.66. The molecule has 0 aliphatic carbocycles. The maximum Gasteiger partial charge on any atom is 0.416 e. The van der Waals surface area contributed by atoms with E-state index in [9.17, 15) is 30.8 Å².